The zero-order valence-electron chi connectivity index (χ0n) is 15.9. The van der Waals surface area contributed by atoms with Crippen molar-refractivity contribution in [2.45, 2.75) is 76.3 Å². The van der Waals surface area contributed by atoms with Crippen LogP contribution in [0.25, 0.3) is 0 Å². The molecule has 154 valence electrons. The predicted molar refractivity (Wildman–Crippen MR) is 126 cm³/mol. The summed E-state index contributed by atoms with van der Waals surface area (Å²) >= 11 is 3.70. The Bertz CT molecular complexity index is 556. The van der Waals surface area contributed by atoms with Crippen LogP contribution in [-0.4, -0.2) is 46.2 Å². The van der Waals surface area contributed by atoms with Crippen molar-refractivity contribution >= 4 is 58.7 Å². The maximum atomic E-state index is 5.16. The topological polar surface area (TPSA) is 40.0 Å². The fraction of sp³-hybridized carbons (Fsp3) is 0.789. The third-order valence-corrected chi connectivity index (χ3v) is 7.50. The molecule has 0 spiro atoms. The highest BCUT2D eigenvalue weighted by Crippen LogP contribution is 2.31. The molecule has 4 aliphatic rings. The van der Waals surface area contributed by atoms with Crippen LogP contribution in [0, 0.1) is 0 Å². The normalized spacial score (nSPS) is 23.9. The minimum Gasteiger partial charge on any atom is -0.362 e. The summed E-state index contributed by atoms with van der Waals surface area (Å²) in [7, 11) is 0. The molecule has 8 heteroatoms. The van der Waals surface area contributed by atoms with Crippen molar-refractivity contribution < 1.29 is 0 Å². The predicted octanol–water partition coefficient (Wildman–Crippen LogP) is 5.43. The van der Waals surface area contributed by atoms with Crippen LogP contribution in [0.3, 0.4) is 0 Å². The van der Waals surface area contributed by atoms with Crippen LogP contribution in [0.1, 0.15) is 64.2 Å². The lowest BCUT2D eigenvalue weighted by Crippen LogP contribution is -2.36. The van der Waals surface area contributed by atoms with Gasteiger partial charge in [0.15, 0.2) is 10.3 Å². The van der Waals surface area contributed by atoms with E-state index in [1.165, 1.54) is 80.2 Å². The molecule has 0 radical (unpaired) electrons. The summed E-state index contributed by atoms with van der Waals surface area (Å²) in [5.41, 5.74) is 1.41. The summed E-state index contributed by atoms with van der Waals surface area (Å²) in [6.45, 7) is 2.01. The lowest BCUT2D eigenvalue weighted by molar-refractivity contribution is 0.411. The molecule has 4 rings (SSSR count). The maximum absolute atomic E-state index is 5.16. The molecule has 0 aromatic carbocycles. The molecule has 0 aromatic rings. The molecule has 2 heterocycles. The number of nitrogens with one attached hydrogen (secondary N) is 1. The molecule has 4 nitrogen and oxygen atoms in total. The number of hydrogen-bond donors (Lipinski definition) is 1. The van der Waals surface area contributed by atoms with E-state index in [4.69, 9.17) is 4.99 Å². The second kappa shape index (κ2) is 11.8. The Hall–Kier alpha value is -0.0400. The van der Waals surface area contributed by atoms with Crippen LogP contribution in [0.2, 0.25) is 0 Å². The van der Waals surface area contributed by atoms with Crippen molar-refractivity contribution in [2.24, 2.45) is 9.98 Å². The van der Waals surface area contributed by atoms with E-state index in [-0.39, 0.29) is 24.8 Å². The molecule has 1 N–H and O–H groups in total. The van der Waals surface area contributed by atoms with Gasteiger partial charge in [-0.05, 0) is 31.1 Å². The molecule has 0 unspecified atom stereocenters. The van der Waals surface area contributed by atoms with Gasteiger partial charge in [0.25, 0.3) is 0 Å². The van der Waals surface area contributed by atoms with Crippen LogP contribution in [0.5, 0.6) is 0 Å². The SMILES string of the molecule is C1=C(CSC(=NC2CCCCC2)NC2CCCCC2)N2CCN=C2S1.Cl.Cl. The Kier molecular flexibility index (Phi) is 10.2. The number of fused-ring (bicyclic) bond motifs is 1. The summed E-state index contributed by atoms with van der Waals surface area (Å²) in [6.07, 6.45) is 13.4. The van der Waals surface area contributed by atoms with Crippen LogP contribution in [0.4, 0.5) is 0 Å². The standard InChI is InChI=1S/C19H30N4S2.2ClH/c1-3-7-15(8-4-1)21-18(22-16-9-5-2-6-10-16)24-13-17-14-25-19-20-11-12-23(17)19;;/h14-16H,1-13H2,(H,21,22);2*1H. The molecule has 2 saturated carbocycles. The van der Waals surface area contributed by atoms with E-state index in [1.807, 2.05) is 11.8 Å². The quantitative estimate of drug-likeness (QED) is 0.457. The fourth-order valence-corrected chi connectivity index (χ4v) is 6.20. The van der Waals surface area contributed by atoms with Gasteiger partial charge in [0, 0.05) is 24.0 Å². The van der Waals surface area contributed by atoms with Crippen LogP contribution in [-0.2, 0) is 0 Å². The van der Waals surface area contributed by atoms with Crippen LogP contribution < -0.4 is 5.32 Å². The van der Waals surface area contributed by atoms with E-state index in [1.54, 1.807) is 11.8 Å². The highest BCUT2D eigenvalue weighted by atomic mass is 35.5. The minimum absolute atomic E-state index is 0. The van der Waals surface area contributed by atoms with E-state index < -0.39 is 0 Å². The lowest BCUT2D eigenvalue weighted by Gasteiger charge is -2.26. The van der Waals surface area contributed by atoms with Gasteiger partial charge in [-0.25, -0.2) is 0 Å². The number of amidine groups is 2. The summed E-state index contributed by atoms with van der Waals surface area (Å²) < 4.78 is 0. The van der Waals surface area contributed by atoms with Crippen molar-refractivity contribution in [2.75, 3.05) is 18.8 Å². The van der Waals surface area contributed by atoms with Gasteiger partial charge in [0.05, 0.1) is 12.6 Å². The van der Waals surface area contributed by atoms with Gasteiger partial charge in [0.2, 0.25) is 0 Å². The Morgan fingerprint density at radius 1 is 1.11 bits per heavy atom. The number of aliphatic imine (C=N–C) groups is 2. The number of hydrogen-bond acceptors (Lipinski definition) is 5. The molecule has 2 aliphatic heterocycles. The van der Waals surface area contributed by atoms with E-state index in [2.05, 4.69) is 20.6 Å². The Morgan fingerprint density at radius 3 is 2.56 bits per heavy atom. The third kappa shape index (κ3) is 6.48. The molecule has 0 bridgehead atoms. The van der Waals surface area contributed by atoms with Gasteiger partial charge in [-0.15, -0.1) is 24.8 Å². The van der Waals surface area contributed by atoms with Gasteiger partial charge in [-0.3, -0.25) is 9.98 Å². The highest BCUT2D eigenvalue weighted by molar-refractivity contribution is 8.17. The number of rotatable bonds is 4. The van der Waals surface area contributed by atoms with Gasteiger partial charge in [0.1, 0.15) is 0 Å². The van der Waals surface area contributed by atoms with Crippen LogP contribution in [0.15, 0.2) is 21.1 Å². The molecular weight excluding hydrogens is 419 g/mol. The van der Waals surface area contributed by atoms with Crippen molar-refractivity contribution in [3.8, 4) is 0 Å². The van der Waals surface area contributed by atoms with Crippen molar-refractivity contribution in [3.63, 3.8) is 0 Å². The second-order valence-electron chi connectivity index (χ2n) is 7.54. The van der Waals surface area contributed by atoms with Gasteiger partial charge >= 0.3 is 0 Å². The summed E-state index contributed by atoms with van der Waals surface area (Å²) in [6, 6.07) is 1.18. The maximum Gasteiger partial charge on any atom is 0.167 e. The molecule has 2 fully saturated rings. The summed E-state index contributed by atoms with van der Waals surface area (Å²) in [4.78, 5) is 12.1. The van der Waals surface area contributed by atoms with E-state index in [9.17, 15) is 0 Å². The Balaban J connectivity index is 0.00000131. The average Bonchev–Trinajstić information content (AvgIpc) is 3.26. The van der Waals surface area contributed by atoms with Crippen molar-refractivity contribution in [3.05, 3.63) is 11.1 Å². The summed E-state index contributed by atoms with van der Waals surface area (Å²) in [5.74, 6) is 1.01. The lowest BCUT2D eigenvalue weighted by atomic mass is 9.95. The molecule has 2 aliphatic carbocycles. The van der Waals surface area contributed by atoms with Crippen LogP contribution >= 0.6 is 48.3 Å². The number of nitrogens with zero attached hydrogens (tertiary/aromatic N) is 3. The van der Waals surface area contributed by atoms with Gasteiger partial charge in [-0.1, -0.05) is 62.0 Å². The zero-order chi connectivity index (χ0) is 16.9. The minimum atomic E-state index is 0. The van der Waals surface area contributed by atoms with Crippen molar-refractivity contribution in [1.82, 2.24) is 10.2 Å². The van der Waals surface area contributed by atoms with E-state index in [0.717, 1.165) is 18.8 Å². The number of halogens is 2. The molecule has 0 saturated heterocycles. The molecule has 0 amide bonds. The Morgan fingerprint density at radius 2 is 1.81 bits per heavy atom. The first-order chi connectivity index (χ1) is 12.4. The molecule has 27 heavy (non-hydrogen) atoms. The molecular formula is C19H32Cl2N4S2. The average molecular weight is 452 g/mol. The Labute approximate surface area is 184 Å². The van der Waals surface area contributed by atoms with Gasteiger partial charge in [-0.2, -0.15) is 0 Å². The van der Waals surface area contributed by atoms with E-state index in [0.29, 0.717) is 12.1 Å². The fourth-order valence-electron chi connectivity index (χ4n) is 4.15. The van der Waals surface area contributed by atoms with Crippen molar-refractivity contribution in [1.29, 1.82) is 0 Å². The summed E-state index contributed by atoms with van der Waals surface area (Å²) in [5, 5.41) is 8.50. The van der Waals surface area contributed by atoms with E-state index >= 15 is 0 Å². The number of thioether (sulfide) groups is 2. The largest absolute Gasteiger partial charge is 0.362 e. The first kappa shape index (κ1) is 23.2. The zero-order valence-corrected chi connectivity index (χ0v) is 19.2. The highest BCUT2D eigenvalue weighted by Gasteiger charge is 2.26. The van der Waals surface area contributed by atoms with Gasteiger partial charge < -0.3 is 10.2 Å². The molecule has 0 aromatic heterocycles. The smallest absolute Gasteiger partial charge is 0.167 e. The third-order valence-electron chi connectivity index (χ3n) is 5.61. The first-order valence-corrected chi connectivity index (χ1v) is 11.9. The second-order valence-corrected chi connectivity index (χ2v) is 9.34. The molecule has 0 atom stereocenters. The first-order valence-electron chi connectivity index (χ1n) is 10.0. The monoisotopic (exact) mass is 450 g/mol.